The summed E-state index contributed by atoms with van der Waals surface area (Å²) in [5.74, 6) is -0.837. The van der Waals surface area contributed by atoms with E-state index in [9.17, 15) is 13.8 Å². The van der Waals surface area contributed by atoms with Gasteiger partial charge in [0.2, 0.25) is 0 Å². The number of benzene rings is 1. The van der Waals surface area contributed by atoms with Gasteiger partial charge in [0.15, 0.2) is 18.7 Å². The SMILES string of the molecule is CP(C)(=O)C(=O)Oc1ccccc1F. The lowest BCUT2D eigenvalue weighted by Gasteiger charge is -2.07. The maximum atomic E-state index is 13.0. The Hall–Kier alpha value is -1.15. The number of carbonyl (C=O) groups is 1. The molecule has 5 heteroatoms. The van der Waals surface area contributed by atoms with Crippen LogP contribution in [0.25, 0.3) is 0 Å². The molecule has 0 aliphatic rings. The highest BCUT2D eigenvalue weighted by molar-refractivity contribution is 7.78. The van der Waals surface area contributed by atoms with E-state index in [1.54, 1.807) is 0 Å². The molecule has 0 aliphatic heterocycles. The van der Waals surface area contributed by atoms with Crippen LogP contribution in [0.3, 0.4) is 0 Å². The van der Waals surface area contributed by atoms with Gasteiger partial charge in [-0.2, -0.15) is 0 Å². The highest BCUT2D eigenvalue weighted by Gasteiger charge is 2.22. The molecule has 1 rings (SSSR count). The van der Waals surface area contributed by atoms with Crippen LogP contribution in [0, 0.1) is 5.82 Å². The van der Waals surface area contributed by atoms with Crippen LogP contribution in [-0.4, -0.2) is 19.0 Å². The predicted molar refractivity (Wildman–Crippen MR) is 51.9 cm³/mol. The Morgan fingerprint density at radius 2 is 1.93 bits per heavy atom. The average molecular weight is 216 g/mol. The zero-order chi connectivity index (χ0) is 10.8. The summed E-state index contributed by atoms with van der Waals surface area (Å²) in [6.07, 6.45) is 0. The third kappa shape index (κ3) is 2.67. The molecule has 0 bridgehead atoms. The molecule has 0 unspecified atom stereocenters. The molecule has 0 heterocycles. The van der Waals surface area contributed by atoms with Gasteiger partial charge in [-0.25, -0.2) is 9.18 Å². The van der Waals surface area contributed by atoms with Crippen LogP contribution in [0.4, 0.5) is 9.18 Å². The zero-order valence-electron chi connectivity index (χ0n) is 7.86. The third-order valence-corrected chi connectivity index (χ3v) is 2.44. The molecule has 0 spiro atoms. The third-order valence-electron chi connectivity index (χ3n) is 1.47. The Bertz CT molecular complexity index is 397. The van der Waals surface area contributed by atoms with E-state index in [2.05, 4.69) is 4.74 Å². The fourth-order valence-electron chi connectivity index (χ4n) is 0.731. The molecular weight excluding hydrogens is 206 g/mol. The Morgan fingerprint density at radius 3 is 2.43 bits per heavy atom. The minimum atomic E-state index is -2.97. The van der Waals surface area contributed by atoms with Crippen molar-refractivity contribution >= 4 is 12.9 Å². The van der Waals surface area contributed by atoms with Crippen LogP contribution in [0.5, 0.6) is 5.75 Å². The molecule has 0 saturated heterocycles. The van der Waals surface area contributed by atoms with Gasteiger partial charge < -0.3 is 9.30 Å². The summed E-state index contributed by atoms with van der Waals surface area (Å²) in [6, 6.07) is 5.48. The Balaban J connectivity index is 2.86. The van der Waals surface area contributed by atoms with E-state index in [4.69, 9.17) is 0 Å². The molecule has 0 atom stereocenters. The summed E-state index contributed by atoms with van der Waals surface area (Å²) in [5.41, 5.74) is -0.886. The quantitative estimate of drug-likeness (QED) is 0.714. The smallest absolute Gasteiger partial charge is 0.368 e. The van der Waals surface area contributed by atoms with Gasteiger partial charge in [-0.05, 0) is 25.5 Å². The van der Waals surface area contributed by atoms with E-state index in [0.717, 1.165) is 0 Å². The summed E-state index contributed by atoms with van der Waals surface area (Å²) in [5, 5.41) is 0. The number of ether oxygens (including phenoxy) is 1. The van der Waals surface area contributed by atoms with Crippen LogP contribution in [0.1, 0.15) is 0 Å². The molecule has 1 aromatic rings. The van der Waals surface area contributed by atoms with E-state index < -0.39 is 18.7 Å². The average Bonchev–Trinajstić information content (AvgIpc) is 2.07. The van der Waals surface area contributed by atoms with E-state index in [-0.39, 0.29) is 5.75 Å². The molecule has 0 saturated carbocycles. The van der Waals surface area contributed by atoms with Crippen molar-refractivity contribution in [1.29, 1.82) is 0 Å². The second kappa shape index (κ2) is 3.93. The highest BCUT2D eigenvalue weighted by Crippen LogP contribution is 2.38. The molecule has 0 aromatic heterocycles. The fraction of sp³-hybridized carbons (Fsp3) is 0.222. The summed E-state index contributed by atoms with van der Waals surface area (Å²) in [6.45, 7) is 2.55. The van der Waals surface area contributed by atoms with Crippen LogP contribution >= 0.6 is 7.14 Å². The first kappa shape index (κ1) is 10.9. The molecule has 0 amide bonds. The van der Waals surface area contributed by atoms with Crippen molar-refractivity contribution in [2.24, 2.45) is 0 Å². The van der Waals surface area contributed by atoms with Gasteiger partial charge >= 0.3 is 5.71 Å². The Kier molecular flexibility index (Phi) is 3.06. The van der Waals surface area contributed by atoms with Gasteiger partial charge in [-0.1, -0.05) is 12.1 Å². The van der Waals surface area contributed by atoms with Gasteiger partial charge in [0, 0.05) is 0 Å². The van der Waals surface area contributed by atoms with E-state index >= 15 is 0 Å². The first-order chi connectivity index (χ1) is 6.41. The molecule has 1 aromatic carbocycles. The first-order valence-electron chi connectivity index (χ1n) is 3.93. The maximum absolute atomic E-state index is 13.0. The predicted octanol–water partition coefficient (Wildman–Crippen LogP) is 2.95. The number of rotatable bonds is 2. The fourth-order valence-corrected chi connectivity index (χ4v) is 1.05. The van der Waals surface area contributed by atoms with Crippen LogP contribution < -0.4 is 4.74 Å². The lowest BCUT2D eigenvalue weighted by molar-refractivity contribution is 0.222. The van der Waals surface area contributed by atoms with Gasteiger partial charge in [-0.3, -0.25) is 0 Å². The number of halogens is 1. The summed E-state index contributed by atoms with van der Waals surface area (Å²) >= 11 is 0. The molecule has 0 radical (unpaired) electrons. The van der Waals surface area contributed by atoms with Gasteiger partial charge in [0.1, 0.15) is 0 Å². The first-order valence-corrected chi connectivity index (χ1v) is 6.53. The minimum Gasteiger partial charge on any atom is -0.418 e. The summed E-state index contributed by atoms with van der Waals surface area (Å²) in [4.78, 5) is 11.1. The van der Waals surface area contributed by atoms with Crippen LogP contribution in [0.15, 0.2) is 24.3 Å². The molecule has 14 heavy (non-hydrogen) atoms. The van der Waals surface area contributed by atoms with Crippen molar-refractivity contribution in [1.82, 2.24) is 0 Å². The van der Waals surface area contributed by atoms with Crippen molar-refractivity contribution in [2.45, 2.75) is 0 Å². The number of hydrogen-bond donors (Lipinski definition) is 0. The second-order valence-electron chi connectivity index (χ2n) is 3.15. The molecular formula is C9H10FO3P. The highest BCUT2D eigenvalue weighted by atomic mass is 31.2. The Morgan fingerprint density at radius 1 is 1.36 bits per heavy atom. The molecule has 0 aliphatic carbocycles. The number of carbonyl (C=O) groups excluding carboxylic acids is 1. The van der Waals surface area contributed by atoms with Gasteiger partial charge in [0.05, 0.1) is 0 Å². The number of hydrogen-bond acceptors (Lipinski definition) is 3. The second-order valence-corrected chi connectivity index (χ2v) is 6.22. The molecule has 0 fully saturated rings. The summed E-state index contributed by atoms with van der Waals surface area (Å²) < 4.78 is 28.8. The molecule has 76 valence electrons. The van der Waals surface area contributed by atoms with E-state index in [1.165, 1.54) is 37.6 Å². The topological polar surface area (TPSA) is 43.4 Å². The Labute approximate surface area is 81.3 Å². The largest absolute Gasteiger partial charge is 0.418 e. The van der Waals surface area contributed by atoms with Crippen LogP contribution in [-0.2, 0) is 4.57 Å². The van der Waals surface area contributed by atoms with Crippen molar-refractivity contribution in [2.75, 3.05) is 13.3 Å². The van der Waals surface area contributed by atoms with E-state index in [0.29, 0.717) is 0 Å². The van der Waals surface area contributed by atoms with Crippen molar-refractivity contribution < 1.29 is 18.5 Å². The van der Waals surface area contributed by atoms with Crippen molar-refractivity contribution in [3.05, 3.63) is 30.1 Å². The zero-order valence-corrected chi connectivity index (χ0v) is 8.75. The monoisotopic (exact) mass is 216 g/mol. The molecule has 0 N–H and O–H groups in total. The van der Waals surface area contributed by atoms with Crippen molar-refractivity contribution in [3.8, 4) is 5.75 Å². The minimum absolute atomic E-state index is 0.193. The van der Waals surface area contributed by atoms with Crippen molar-refractivity contribution in [3.63, 3.8) is 0 Å². The standard InChI is InChI=1S/C9H10FO3P/c1-14(2,12)9(11)13-8-6-4-3-5-7(8)10/h3-6H,1-2H3. The van der Waals surface area contributed by atoms with E-state index in [1.807, 2.05) is 0 Å². The number of para-hydroxylation sites is 1. The van der Waals surface area contributed by atoms with Gasteiger partial charge in [0.25, 0.3) is 0 Å². The van der Waals surface area contributed by atoms with Gasteiger partial charge in [-0.15, -0.1) is 0 Å². The normalized spacial score (nSPS) is 11.1. The lowest BCUT2D eigenvalue weighted by Crippen LogP contribution is -2.06. The lowest BCUT2D eigenvalue weighted by atomic mass is 10.3. The maximum Gasteiger partial charge on any atom is 0.368 e. The summed E-state index contributed by atoms with van der Waals surface area (Å²) in [7, 11) is -2.97. The molecule has 3 nitrogen and oxygen atoms in total. The van der Waals surface area contributed by atoms with Crippen LogP contribution in [0.2, 0.25) is 0 Å².